The Morgan fingerprint density at radius 2 is 2.09 bits per heavy atom. The van der Waals surface area contributed by atoms with Crippen molar-refractivity contribution in [2.75, 3.05) is 5.32 Å². The van der Waals surface area contributed by atoms with Crippen LogP contribution in [0.15, 0.2) is 34.7 Å². The predicted octanol–water partition coefficient (Wildman–Crippen LogP) is 4.92. The van der Waals surface area contributed by atoms with Crippen molar-refractivity contribution in [3.63, 3.8) is 0 Å². The molecule has 23 heavy (non-hydrogen) atoms. The summed E-state index contributed by atoms with van der Waals surface area (Å²) in [4.78, 5) is 12.2. The van der Waals surface area contributed by atoms with E-state index in [1.54, 1.807) is 30.3 Å². The largest absolute Gasteiger partial charge is 0.451 e. The maximum atomic E-state index is 12.2. The van der Waals surface area contributed by atoms with Crippen LogP contribution in [0, 0.1) is 0 Å². The van der Waals surface area contributed by atoms with Gasteiger partial charge < -0.3 is 4.42 Å². The van der Waals surface area contributed by atoms with Crippen LogP contribution in [0.2, 0.25) is 10.0 Å². The van der Waals surface area contributed by atoms with Crippen LogP contribution in [0.3, 0.4) is 0 Å². The zero-order chi connectivity index (χ0) is 16.4. The molecule has 0 radical (unpaired) electrons. The van der Waals surface area contributed by atoms with Gasteiger partial charge in [0.05, 0.1) is 5.02 Å². The smallest absolute Gasteiger partial charge is 0.293 e. The molecule has 5 nitrogen and oxygen atoms in total. The summed E-state index contributed by atoms with van der Waals surface area (Å²) in [6, 6.07) is 8.29. The van der Waals surface area contributed by atoms with Gasteiger partial charge in [-0.15, -0.1) is 10.2 Å². The first-order valence-electron chi connectivity index (χ1n) is 6.76. The van der Waals surface area contributed by atoms with Crippen LogP contribution in [0.4, 0.5) is 5.13 Å². The highest BCUT2D eigenvalue weighted by atomic mass is 35.5. The Balaban J connectivity index is 1.81. The molecule has 0 saturated heterocycles. The van der Waals surface area contributed by atoms with Gasteiger partial charge in [-0.2, -0.15) is 0 Å². The molecule has 0 aliphatic rings. The number of nitrogens with one attached hydrogen (secondary N) is 1. The highest BCUT2D eigenvalue weighted by Gasteiger charge is 2.16. The van der Waals surface area contributed by atoms with E-state index in [0.29, 0.717) is 26.5 Å². The number of anilines is 1. The highest BCUT2D eigenvalue weighted by molar-refractivity contribution is 7.15. The second kappa shape index (κ2) is 6.70. The molecule has 2 aromatic heterocycles. The molecule has 0 spiro atoms. The Kier molecular flexibility index (Phi) is 4.66. The maximum absolute atomic E-state index is 12.2. The summed E-state index contributed by atoms with van der Waals surface area (Å²) in [5.74, 6) is 0.228. The Morgan fingerprint density at radius 1 is 1.26 bits per heavy atom. The summed E-state index contributed by atoms with van der Waals surface area (Å²) in [5.41, 5.74) is 0.627. The number of carbonyl (C=O) groups excluding carboxylic acids is 1. The van der Waals surface area contributed by atoms with Gasteiger partial charge >= 0.3 is 0 Å². The van der Waals surface area contributed by atoms with Crippen LogP contribution in [-0.2, 0) is 6.42 Å². The molecule has 0 fully saturated rings. The monoisotopic (exact) mass is 367 g/mol. The standard InChI is InChI=1S/C15H11Cl2N3O2S/c1-2-13-19-20-15(23-13)18-14(21)12-6-5-11(22-12)9-7-8(16)3-4-10(9)17/h3-7H,2H2,1H3,(H,18,20,21). The number of hydrogen-bond acceptors (Lipinski definition) is 5. The number of aromatic nitrogens is 2. The van der Waals surface area contributed by atoms with E-state index in [-0.39, 0.29) is 5.76 Å². The number of furan rings is 1. The summed E-state index contributed by atoms with van der Waals surface area (Å²) in [6.07, 6.45) is 0.770. The molecular formula is C15H11Cl2N3O2S. The maximum Gasteiger partial charge on any atom is 0.293 e. The van der Waals surface area contributed by atoms with Gasteiger partial charge in [0.1, 0.15) is 10.8 Å². The minimum absolute atomic E-state index is 0.157. The van der Waals surface area contributed by atoms with E-state index >= 15 is 0 Å². The lowest BCUT2D eigenvalue weighted by Gasteiger charge is -2.01. The van der Waals surface area contributed by atoms with Gasteiger partial charge in [0.2, 0.25) is 5.13 Å². The van der Waals surface area contributed by atoms with Crippen molar-refractivity contribution in [3.05, 3.63) is 51.1 Å². The fourth-order valence-electron chi connectivity index (χ4n) is 1.90. The second-order valence-electron chi connectivity index (χ2n) is 4.60. The van der Waals surface area contributed by atoms with Gasteiger partial charge in [0.15, 0.2) is 5.76 Å². The van der Waals surface area contributed by atoms with Gasteiger partial charge in [-0.3, -0.25) is 10.1 Å². The molecule has 1 amide bonds. The summed E-state index contributed by atoms with van der Waals surface area (Å²) >= 11 is 13.4. The highest BCUT2D eigenvalue weighted by Crippen LogP contribution is 2.32. The average Bonchev–Trinajstić information content (AvgIpc) is 3.18. The molecular weight excluding hydrogens is 357 g/mol. The number of halogens is 2. The number of rotatable bonds is 4. The van der Waals surface area contributed by atoms with Crippen LogP contribution in [0.1, 0.15) is 22.5 Å². The fraction of sp³-hybridized carbons (Fsp3) is 0.133. The van der Waals surface area contributed by atoms with E-state index in [1.807, 2.05) is 6.92 Å². The van der Waals surface area contributed by atoms with Gasteiger partial charge in [-0.05, 0) is 36.8 Å². The van der Waals surface area contributed by atoms with Crippen LogP contribution in [0.25, 0.3) is 11.3 Å². The molecule has 0 atom stereocenters. The molecule has 118 valence electrons. The Morgan fingerprint density at radius 3 is 2.83 bits per heavy atom. The van der Waals surface area contributed by atoms with Crippen LogP contribution in [0.5, 0.6) is 0 Å². The van der Waals surface area contributed by atoms with Crippen molar-refractivity contribution >= 4 is 45.6 Å². The van der Waals surface area contributed by atoms with Crippen molar-refractivity contribution in [2.45, 2.75) is 13.3 Å². The third-order valence-corrected chi connectivity index (χ3v) is 4.56. The van der Waals surface area contributed by atoms with E-state index in [1.165, 1.54) is 11.3 Å². The molecule has 0 saturated carbocycles. The summed E-state index contributed by atoms with van der Waals surface area (Å²) in [5, 5.41) is 12.8. The van der Waals surface area contributed by atoms with Gasteiger partial charge in [-0.1, -0.05) is 41.5 Å². The first kappa shape index (κ1) is 16.0. The number of benzene rings is 1. The molecule has 1 N–H and O–H groups in total. The van der Waals surface area contributed by atoms with Crippen molar-refractivity contribution in [1.82, 2.24) is 10.2 Å². The molecule has 1 aromatic carbocycles. The first-order valence-corrected chi connectivity index (χ1v) is 8.33. The quantitative estimate of drug-likeness (QED) is 0.710. The Hall–Kier alpha value is -1.89. The zero-order valence-electron chi connectivity index (χ0n) is 12.0. The predicted molar refractivity (Wildman–Crippen MR) is 91.4 cm³/mol. The summed E-state index contributed by atoms with van der Waals surface area (Å²) in [7, 11) is 0. The summed E-state index contributed by atoms with van der Waals surface area (Å²) < 4.78 is 5.57. The number of amides is 1. The SMILES string of the molecule is CCc1nnc(NC(=O)c2ccc(-c3cc(Cl)ccc3Cl)o2)s1. The van der Waals surface area contributed by atoms with Gasteiger partial charge in [-0.25, -0.2) is 0 Å². The van der Waals surface area contributed by atoms with Crippen molar-refractivity contribution < 1.29 is 9.21 Å². The van der Waals surface area contributed by atoms with E-state index in [4.69, 9.17) is 27.6 Å². The molecule has 2 heterocycles. The number of aryl methyl sites for hydroxylation is 1. The molecule has 3 rings (SSSR count). The van der Waals surface area contributed by atoms with E-state index < -0.39 is 5.91 Å². The number of hydrogen-bond donors (Lipinski definition) is 1. The van der Waals surface area contributed by atoms with E-state index in [2.05, 4.69) is 15.5 Å². The van der Waals surface area contributed by atoms with Crippen molar-refractivity contribution in [3.8, 4) is 11.3 Å². The third kappa shape index (κ3) is 3.55. The molecule has 0 bridgehead atoms. The average molecular weight is 368 g/mol. The zero-order valence-corrected chi connectivity index (χ0v) is 14.3. The van der Waals surface area contributed by atoms with Crippen LogP contribution in [-0.4, -0.2) is 16.1 Å². The minimum atomic E-state index is -0.395. The van der Waals surface area contributed by atoms with Crippen LogP contribution >= 0.6 is 34.5 Å². The van der Waals surface area contributed by atoms with Crippen molar-refractivity contribution in [2.24, 2.45) is 0 Å². The van der Waals surface area contributed by atoms with E-state index in [0.717, 1.165) is 11.4 Å². The van der Waals surface area contributed by atoms with Crippen molar-refractivity contribution in [1.29, 1.82) is 0 Å². The number of carbonyl (C=O) groups is 1. The molecule has 8 heteroatoms. The first-order chi connectivity index (χ1) is 11.1. The molecule has 0 unspecified atom stereocenters. The lowest BCUT2D eigenvalue weighted by atomic mass is 10.2. The normalized spacial score (nSPS) is 10.7. The van der Waals surface area contributed by atoms with E-state index in [9.17, 15) is 4.79 Å². The fourth-order valence-corrected chi connectivity index (χ4v) is 2.95. The van der Waals surface area contributed by atoms with Crippen LogP contribution < -0.4 is 5.32 Å². The second-order valence-corrected chi connectivity index (χ2v) is 6.50. The molecule has 3 aromatic rings. The molecule has 0 aliphatic carbocycles. The Labute approximate surface area is 146 Å². The third-order valence-electron chi connectivity index (χ3n) is 3.01. The topological polar surface area (TPSA) is 68.0 Å². The Bertz CT molecular complexity index is 860. The molecule has 0 aliphatic heterocycles. The lowest BCUT2D eigenvalue weighted by molar-refractivity contribution is 0.0997. The van der Waals surface area contributed by atoms with Gasteiger partial charge in [0.25, 0.3) is 5.91 Å². The van der Waals surface area contributed by atoms with Gasteiger partial charge in [0, 0.05) is 10.6 Å². The lowest BCUT2D eigenvalue weighted by Crippen LogP contribution is -2.10. The summed E-state index contributed by atoms with van der Waals surface area (Å²) in [6.45, 7) is 1.97. The number of nitrogens with zero attached hydrogens (tertiary/aromatic N) is 2. The minimum Gasteiger partial charge on any atom is -0.451 e.